The first-order valence-corrected chi connectivity index (χ1v) is 10.9. The van der Waals surface area contributed by atoms with Gasteiger partial charge in [-0.15, -0.1) is 0 Å². The van der Waals surface area contributed by atoms with E-state index in [1.807, 2.05) is 43.3 Å². The van der Waals surface area contributed by atoms with Crippen molar-refractivity contribution in [3.05, 3.63) is 65.5 Å². The van der Waals surface area contributed by atoms with Crippen LogP contribution >= 0.6 is 0 Å². The maximum absolute atomic E-state index is 12.7. The molecule has 1 aromatic heterocycles. The molecule has 0 saturated carbocycles. The predicted octanol–water partition coefficient (Wildman–Crippen LogP) is 3.81. The van der Waals surface area contributed by atoms with E-state index in [2.05, 4.69) is 10.1 Å². The molecule has 1 fully saturated rings. The maximum Gasteiger partial charge on any atom is 0.243 e. The normalized spacial score (nSPS) is 15.6. The van der Waals surface area contributed by atoms with Crippen LogP contribution in [-0.2, 0) is 16.4 Å². The minimum atomic E-state index is -3.41. The third-order valence-electron chi connectivity index (χ3n) is 5.01. The van der Waals surface area contributed by atoms with Crippen LogP contribution in [0.15, 0.2) is 57.9 Å². The Morgan fingerprint density at radius 1 is 0.964 bits per heavy atom. The second kappa shape index (κ2) is 7.85. The van der Waals surface area contributed by atoms with Crippen molar-refractivity contribution in [1.82, 2.24) is 14.4 Å². The molecule has 0 spiro atoms. The Hall–Kier alpha value is -2.51. The monoisotopic (exact) mass is 397 g/mol. The number of nitrogens with zero attached hydrogens (tertiary/aromatic N) is 3. The van der Waals surface area contributed by atoms with E-state index in [0.29, 0.717) is 36.1 Å². The van der Waals surface area contributed by atoms with Crippen LogP contribution in [0.25, 0.3) is 11.4 Å². The van der Waals surface area contributed by atoms with Gasteiger partial charge in [-0.25, -0.2) is 8.42 Å². The summed E-state index contributed by atoms with van der Waals surface area (Å²) in [6.07, 6.45) is 3.41. The second-order valence-corrected chi connectivity index (χ2v) is 9.10. The fourth-order valence-electron chi connectivity index (χ4n) is 3.35. The molecule has 6 nitrogen and oxygen atoms in total. The Labute approximate surface area is 165 Å². The highest BCUT2D eigenvalue weighted by Crippen LogP contribution is 2.22. The molecule has 1 saturated heterocycles. The number of aromatic nitrogens is 2. The molecule has 2 heterocycles. The molecule has 0 bridgehead atoms. The smallest absolute Gasteiger partial charge is 0.243 e. The zero-order valence-corrected chi connectivity index (χ0v) is 16.7. The summed E-state index contributed by atoms with van der Waals surface area (Å²) < 4.78 is 32.4. The van der Waals surface area contributed by atoms with Crippen molar-refractivity contribution in [2.45, 2.75) is 37.5 Å². The van der Waals surface area contributed by atoms with Gasteiger partial charge in [0.1, 0.15) is 0 Å². The molecule has 1 aliphatic rings. The minimum absolute atomic E-state index is 0.337. The summed E-state index contributed by atoms with van der Waals surface area (Å²) in [6.45, 7) is 3.24. The molecule has 0 atom stereocenters. The van der Waals surface area contributed by atoms with Crippen molar-refractivity contribution in [3.8, 4) is 11.4 Å². The van der Waals surface area contributed by atoms with Gasteiger partial charge in [0, 0.05) is 18.7 Å². The summed E-state index contributed by atoms with van der Waals surface area (Å²) in [5, 5.41) is 4.04. The van der Waals surface area contributed by atoms with E-state index in [1.54, 1.807) is 16.4 Å². The van der Waals surface area contributed by atoms with E-state index in [9.17, 15) is 8.42 Å². The van der Waals surface area contributed by atoms with Crippen LogP contribution in [0.5, 0.6) is 0 Å². The summed E-state index contributed by atoms with van der Waals surface area (Å²) in [4.78, 5) is 4.78. The lowest BCUT2D eigenvalue weighted by molar-refractivity contribution is 0.346. The number of hydrogen-bond acceptors (Lipinski definition) is 5. The first-order valence-electron chi connectivity index (χ1n) is 9.51. The first kappa shape index (κ1) is 18.8. The molecular weight excluding hydrogens is 374 g/mol. The summed E-state index contributed by atoms with van der Waals surface area (Å²) in [6, 6.07) is 14.9. The predicted molar refractivity (Wildman–Crippen MR) is 106 cm³/mol. The van der Waals surface area contributed by atoms with Gasteiger partial charge >= 0.3 is 0 Å². The highest BCUT2D eigenvalue weighted by Gasteiger charge is 2.25. The Kier molecular flexibility index (Phi) is 5.28. The fraction of sp³-hybridized carbons (Fsp3) is 0.333. The minimum Gasteiger partial charge on any atom is -0.339 e. The lowest BCUT2D eigenvalue weighted by Crippen LogP contribution is -2.35. The van der Waals surface area contributed by atoms with Crippen LogP contribution < -0.4 is 0 Å². The van der Waals surface area contributed by atoms with Crippen LogP contribution in [0.2, 0.25) is 0 Å². The van der Waals surface area contributed by atoms with Crippen molar-refractivity contribution >= 4 is 10.0 Å². The molecule has 3 aromatic rings. The fourth-order valence-corrected chi connectivity index (χ4v) is 4.87. The van der Waals surface area contributed by atoms with Gasteiger partial charge in [-0.3, -0.25) is 0 Å². The largest absolute Gasteiger partial charge is 0.339 e. The zero-order valence-electron chi connectivity index (χ0n) is 15.8. The second-order valence-electron chi connectivity index (χ2n) is 7.16. The third-order valence-corrected chi connectivity index (χ3v) is 6.92. The quantitative estimate of drug-likeness (QED) is 0.654. The Balaban J connectivity index is 1.47. The standard InChI is InChI=1S/C21H23N3O3S/c1-16-5-9-18(10-6-16)21-22-20(27-23-21)15-17-7-11-19(12-8-17)28(25,26)24-13-3-2-4-14-24/h5-12H,2-4,13-15H2,1H3. The van der Waals surface area contributed by atoms with Crippen LogP contribution in [0.1, 0.15) is 36.3 Å². The molecule has 2 aromatic carbocycles. The van der Waals surface area contributed by atoms with Crippen molar-refractivity contribution in [1.29, 1.82) is 0 Å². The van der Waals surface area contributed by atoms with Gasteiger partial charge < -0.3 is 4.52 Å². The van der Waals surface area contributed by atoms with Gasteiger partial charge in [0.05, 0.1) is 11.3 Å². The lowest BCUT2D eigenvalue weighted by atomic mass is 10.1. The molecule has 0 N–H and O–H groups in total. The van der Waals surface area contributed by atoms with Gasteiger partial charge in [-0.1, -0.05) is 53.5 Å². The van der Waals surface area contributed by atoms with E-state index < -0.39 is 10.0 Å². The van der Waals surface area contributed by atoms with E-state index in [4.69, 9.17) is 4.52 Å². The van der Waals surface area contributed by atoms with E-state index >= 15 is 0 Å². The highest BCUT2D eigenvalue weighted by molar-refractivity contribution is 7.89. The van der Waals surface area contributed by atoms with Gasteiger partial charge in [0.25, 0.3) is 0 Å². The topological polar surface area (TPSA) is 76.3 Å². The number of rotatable bonds is 5. The molecule has 0 unspecified atom stereocenters. The molecule has 28 heavy (non-hydrogen) atoms. The number of benzene rings is 2. The molecule has 0 aliphatic carbocycles. The number of sulfonamides is 1. The van der Waals surface area contributed by atoms with Crippen molar-refractivity contribution in [3.63, 3.8) is 0 Å². The Morgan fingerprint density at radius 2 is 1.64 bits per heavy atom. The third kappa shape index (κ3) is 4.00. The van der Waals surface area contributed by atoms with Crippen molar-refractivity contribution in [2.75, 3.05) is 13.1 Å². The molecule has 0 radical (unpaired) electrons. The van der Waals surface area contributed by atoms with E-state index in [0.717, 1.165) is 30.4 Å². The molecular formula is C21H23N3O3S. The maximum atomic E-state index is 12.7. The summed E-state index contributed by atoms with van der Waals surface area (Å²) >= 11 is 0. The van der Waals surface area contributed by atoms with Crippen LogP contribution in [0, 0.1) is 6.92 Å². The summed E-state index contributed by atoms with van der Waals surface area (Å²) in [5.74, 6) is 1.06. The molecule has 146 valence electrons. The van der Waals surface area contributed by atoms with Gasteiger partial charge in [0.2, 0.25) is 21.7 Å². The number of hydrogen-bond donors (Lipinski definition) is 0. The average Bonchev–Trinajstić information content (AvgIpc) is 3.18. The van der Waals surface area contributed by atoms with Crippen molar-refractivity contribution in [2.24, 2.45) is 0 Å². The van der Waals surface area contributed by atoms with Crippen LogP contribution in [0.4, 0.5) is 0 Å². The Bertz CT molecular complexity index is 1040. The van der Waals surface area contributed by atoms with Gasteiger partial charge in [0.15, 0.2) is 0 Å². The van der Waals surface area contributed by atoms with E-state index in [1.165, 1.54) is 5.56 Å². The zero-order chi connectivity index (χ0) is 19.6. The molecule has 1 aliphatic heterocycles. The van der Waals surface area contributed by atoms with Gasteiger partial charge in [-0.2, -0.15) is 9.29 Å². The highest BCUT2D eigenvalue weighted by atomic mass is 32.2. The SMILES string of the molecule is Cc1ccc(-c2noc(Cc3ccc(S(=O)(=O)N4CCCCC4)cc3)n2)cc1. The van der Waals surface area contributed by atoms with E-state index in [-0.39, 0.29) is 0 Å². The average molecular weight is 398 g/mol. The Morgan fingerprint density at radius 3 is 2.32 bits per heavy atom. The van der Waals surface area contributed by atoms with Gasteiger partial charge in [-0.05, 0) is 37.5 Å². The lowest BCUT2D eigenvalue weighted by Gasteiger charge is -2.25. The molecule has 0 amide bonds. The summed E-state index contributed by atoms with van der Waals surface area (Å²) in [5.41, 5.74) is 3.01. The first-order chi connectivity index (χ1) is 13.5. The molecule has 7 heteroatoms. The molecule has 4 rings (SSSR count). The number of aryl methyl sites for hydroxylation is 1. The van der Waals surface area contributed by atoms with Crippen LogP contribution in [0.3, 0.4) is 0 Å². The van der Waals surface area contributed by atoms with Crippen LogP contribution in [-0.4, -0.2) is 36.0 Å². The van der Waals surface area contributed by atoms with Crippen molar-refractivity contribution < 1.29 is 12.9 Å². The number of piperidine rings is 1. The summed E-state index contributed by atoms with van der Waals surface area (Å²) in [7, 11) is -3.41.